The van der Waals surface area contributed by atoms with Crippen molar-refractivity contribution in [3.63, 3.8) is 0 Å². The fraction of sp³-hybridized carbons (Fsp3) is 0.500. The van der Waals surface area contributed by atoms with Gasteiger partial charge in [-0.3, -0.25) is 14.5 Å². The third-order valence-corrected chi connectivity index (χ3v) is 7.72. The van der Waals surface area contributed by atoms with Gasteiger partial charge in [-0.05, 0) is 61.9 Å². The van der Waals surface area contributed by atoms with Gasteiger partial charge < -0.3 is 14.6 Å². The molecule has 0 radical (unpaired) electrons. The molecule has 0 saturated carbocycles. The summed E-state index contributed by atoms with van der Waals surface area (Å²) >= 11 is 0. The number of rotatable bonds is 13. The number of nitrogens with zero attached hydrogens (tertiary/aromatic N) is 1. The number of methoxy groups -OCH3 is 1. The molecule has 1 aliphatic heterocycles. The van der Waals surface area contributed by atoms with Crippen molar-refractivity contribution in [2.24, 2.45) is 0 Å². The quantitative estimate of drug-likeness (QED) is 0.147. The number of hydrogen-bond acceptors (Lipinski definition) is 5. The number of carbonyl (C=O) groups excluding carboxylic acids is 2. The number of carbonyl (C=O) groups is 2. The molecule has 0 saturated heterocycles. The van der Waals surface area contributed by atoms with Crippen LogP contribution in [0, 0.1) is 0 Å². The van der Waals surface area contributed by atoms with Crippen molar-refractivity contribution in [1.82, 2.24) is 4.90 Å². The number of ether oxygens (including phenoxy) is 2. The third-order valence-electron chi connectivity index (χ3n) is 7.72. The molecular formula is C32H37F6NO5. The molecule has 6 nitrogen and oxygen atoms in total. The molecule has 0 aromatic heterocycles. The number of hydrogen-bond donors (Lipinski definition) is 1. The number of aliphatic hydroxyl groups is 1. The van der Waals surface area contributed by atoms with Crippen molar-refractivity contribution >= 4 is 11.8 Å². The molecular weight excluding hydrogens is 592 g/mol. The van der Waals surface area contributed by atoms with Crippen molar-refractivity contribution < 1.29 is 50.5 Å². The summed E-state index contributed by atoms with van der Waals surface area (Å²) in [6, 6.07) is 8.44. The fourth-order valence-electron chi connectivity index (χ4n) is 5.36. The summed E-state index contributed by atoms with van der Waals surface area (Å²) < 4.78 is 93.2. The van der Waals surface area contributed by atoms with Crippen LogP contribution in [0.15, 0.2) is 48.6 Å². The van der Waals surface area contributed by atoms with E-state index in [-0.39, 0.29) is 42.9 Å². The van der Waals surface area contributed by atoms with Gasteiger partial charge in [0.1, 0.15) is 11.5 Å². The van der Waals surface area contributed by atoms with Gasteiger partial charge in [-0.25, -0.2) is 0 Å². The fourth-order valence-corrected chi connectivity index (χ4v) is 5.36. The highest BCUT2D eigenvalue weighted by atomic mass is 19.4. The summed E-state index contributed by atoms with van der Waals surface area (Å²) in [5, 5.41) is 10.0. The van der Waals surface area contributed by atoms with Crippen molar-refractivity contribution in [1.29, 1.82) is 0 Å². The zero-order chi connectivity index (χ0) is 32.9. The predicted molar refractivity (Wildman–Crippen MR) is 151 cm³/mol. The van der Waals surface area contributed by atoms with Gasteiger partial charge in [0.2, 0.25) is 5.91 Å². The zero-order valence-corrected chi connectivity index (χ0v) is 25.1. The predicted octanol–water partition coefficient (Wildman–Crippen LogP) is 6.95. The van der Waals surface area contributed by atoms with Gasteiger partial charge in [0.05, 0.1) is 19.1 Å². The Kier molecular flexibility index (Phi) is 10.8. The number of alkyl halides is 6. The lowest BCUT2D eigenvalue weighted by Crippen LogP contribution is -2.54. The van der Waals surface area contributed by atoms with Crippen LogP contribution in [-0.2, 0) is 33.4 Å². The van der Waals surface area contributed by atoms with E-state index in [1.165, 1.54) is 13.2 Å². The Balaban J connectivity index is 1.79. The first-order chi connectivity index (χ1) is 20.6. The van der Waals surface area contributed by atoms with E-state index < -0.39 is 40.7 Å². The number of benzene rings is 2. The van der Waals surface area contributed by atoms with Gasteiger partial charge in [-0.1, -0.05) is 51.0 Å². The van der Waals surface area contributed by atoms with E-state index in [9.17, 15) is 41.0 Å². The van der Waals surface area contributed by atoms with Crippen molar-refractivity contribution in [2.45, 2.75) is 82.7 Å². The number of para-hydroxylation sites is 1. The maximum Gasteiger partial charge on any atom is 0.430 e. The molecule has 0 bridgehead atoms. The van der Waals surface area contributed by atoms with E-state index >= 15 is 0 Å². The Morgan fingerprint density at radius 2 is 1.48 bits per heavy atom. The van der Waals surface area contributed by atoms with Crippen LogP contribution in [0.3, 0.4) is 0 Å². The molecule has 44 heavy (non-hydrogen) atoms. The number of amides is 2. The molecule has 2 aromatic rings. The van der Waals surface area contributed by atoms with Gasteiger partial charge in [-0.2, -0.15) is 26.3 Å². The Morgan fingerprint density at radius 1 is 0.909 bits per heavy atom. The molecule has 0 fully saturated rings. The van der Waals surface area contributed by atoms with E-state index in [1.807, 2.05) is 0 Å². The van der Waals surface area contributed by atoms with E-state index in [1.54, 1.807) is 51.1 Å². The minimum atomic E-state index is -6.00. The highest BCUT2D eigenvalue weighted by molar-refractivity contribution is 6.09. The molecule has 0 aliphatic carbocycles. The average Bonchev–Trinajstić information content (AvgIpc) is 2.96. The molecule has 1 N–H and O–H groups in total. The summed E-state index contributed by atoms with van der Waals surface area (Å²) in [4.78, 5) is 27.3. The lowest BCUT2D eigenvalue weighted by molar-refractivity contribution is -0.376. The van der Waals surface area contributed by atoms with Crippen LogP contribution in [0.25, 0.3) is 0 Å². The van der Waals surface area contributed by atoms with Crippen LogP contribution in [0.1, 0.15) is 68.7 Å². The summed E-state index contributed by atoms with van der Waals surface area (Å²) in [6.07, 6.45) is -7.40. The summed E-state index contributed by atoms with van der Waals surface area (Å²) in [5.41, 5.74) is -6.63. The molecule has 1 aliphatic rings. The number of imide groups is 1. The van der Waals surface area contributed by atoms with E-state index in [0.29, 0.717) is 37.0 Å². The highest BCUT2D eigenvalue weighted by Gasteiger charge is 2.71. The maximum atomic E-state index is 13.6. The Hall–Kier alpha value is -3.54. The lowest BCUT2D eigenvalue weighted by atomic mass is 9.78. The molecule has 242 valence electrons. The Morgan fingerprint density at radius 3 is 2.00 bits per heavy atom. The van der Waals surface area contributed by atoms with Crippen LogP contribution >= 0.6 is 0 Å². The van der Waals surface area contributed by atoms with Gasteiger partial charge in [-0.15, -0.1) is 0 Å². The molecule has 12 heteroatoms. The van der Waals surface area contributed by atoms with Gasteiger partial charge in [0.15, 0.2) is 0 Å². The second-order valence-corrected chi connectivity index (χ2v) is 10.9. The SMILES string of the molecule is CCCc1cc(C(O)(C(F)(F)F)C(F)(F)F)cc(CCC)c1OCCCCN1C(=O)C=CC(C)(c2ccccc2OC)C1=O. The topological polar surface area (TPSA) is 76.1 Å². The van der Waals surface area contributed by atoms with Crippen molar-refractivity contribution in [3.8, 4) is 11.5 Å². The minimum absolute atomic E-state index is 0.0332. The highest BCUT2D eigenvalue weighted by Crippen LogP contribution is 2.51. The average molecular weight is 630 g/mol. The molecule has 2 aromatic carbocycles. The molecule has 3 rings (SSSR count). The van der Waals surface area contributed by atoms with E-state index in [2.05, 4.69) is 0 Å². The third kappa shape index (κ3) is 6.74. The Bertz CT molecular complexity index is 1330. The Labute approximate surface area is 252 Å². The second-order valence-electron chi connectivity index (χ2n) is 10.9. The van der Waals surface area contributed by atoms with Crippen LogP contribution in [0.4, 0.5) is 26.3 Å². The first-order valence-electron chi connectivity index (χ1n) is 14.4. The molecule has 1 unspecified atom stereocenters. The molecule has 1 heterocycles. The number of aryl methyl sites for hydroxylation is 2. The van der Waals surface area contributed by atoms with Crippen LogP contribution < -0.4 is 9.47 Å². The van der Waals surface area contributed by atoms with Crippen LogP contribution in [0.2, 0.25) is 0 Å². The summed E-state index contributed by atoms with van der Waals surface area (Å²) in [7, 11) is 1.49. The van der Waals surface area contributed by atoms with Gasteiger partial charge in [0.25, 0.3) is 11.5 Å². The molecule has 1 atom stereocenters. The first kappa shape index (κ1) is 34.9. The largest absolute Gasteiger partial charge is 0.496 e. The van der Waals surface area contributed by atoms with Gasteiger partial charge in [0, 0.05) is 23.7 Å². The summed E-state index contributed by atoms with van der Waals surface area (Å²) in [6.45, 7) is 5.23. The lowest BCUT2D eigenvalue weighted by Gasteiger charge is -2.35. The normalized spacial score (nSPS) is 17.8. The maximum absolute atomic E-state index is 13.6. The smallest absolute Gasteiger partial charge is 0.430 e. The number of halogens is 6. The number of unbranched alkanes of at least 4 members (excludes halogenated alkanes) is 1. The van der Waals surface area contributed by atoms with Crippen molar-refractivity contribution in [2.75, 3.05) is 20.3 Å². The molecule has 0 spiro atoms. The van der Waals surface area contributed by atoms with Crippen LogP contribution in [0.5, 0.6) is 11.5 Å². The minimum Gasteiger partial charge on any atom is -0.496 e. The van der Waals surface area contributed by atoms with E-state index in [0.717, 1.165) is 17.0 Å². The zero-order valence-electron chi connectivity index (χ0n) is 25.1. The molecule has 2 amide bonds. The standard InChI is InChI=1S/C32H37F6NO5/c1-5-11-21-19-23(30(42,31(33,34)35)32(36,37)38)20-22(12-6-2)27(21)44-18-10-9-17-39-26(40)15-16-29(3,28(39)41)24-13-7-8-14-25(24)43-4/h7-8,13-16,19-20,42H,5-6,9-12,17-18H2,1-4H3. The summed E-state index contributed by atoms with van der Waals surface area (Å²) in [5.74, 6) is -0.225. The monoisotopic (exact) mass is 629 g/mol. The van der Waals surface area contributed by atoms with Gasteiger partial charge >= 0.3 is 12.4 Å². The van der Waals surface area contributed by atoms with Crippen LogP contribution in [-0.4, -0.2) is 54.4 Å². The second kappa shape index (κ2) is 13.6. The first-order valence-corrected chi connectivity index (χ1v) is 14.4. The van der Waals surface area contributed by atoms with E-state index in [4.69, 9.17) is 9.47 Å². The van der Waals surface area contributed by atoms with Crippen molar-refractivity contribution in [3.05, 3.63) is 70.8 Å².